The average Bonchev–Trinajstić information content (AvgIpc) is 2.57. The van der Waals surface area contributed by atoms with Crippen molar-refractivity contribution >= 4 is 29.9 Å². The SMILES string of the molecule is CCNC(=NCc1ccc(O)c(F)c1)NC1CC2CCCC(C1)N2C.I. The molecule has 1 aromatic carbocycles. The zero-order valence-electron chi connectivity index (χ0n) is 15.5. The van der Waals surface area contributed by atoms with Crippen molar-refractivity contribution in [3.8, 4) is 5.75 Å². The predicted molar refractivity (Wildman–Crippen MR) is 114 cm³/mol. The first-order valence-corrected chi connectivity index (χ1v) is 9.31. The topological polar surface area (TPSA) is 59.9 Å². The highest BCUT2D eigenvalue weighted by molar-refractivity contribution is 14.0. The van der Waals surface area contributed by atoms with E-state index in [0.717, 1.165) is 30.9 Å². The van der Waals surface area contributed by atoms with Crippen molar-refractivity contribution in [2.45, 2.75) is 63.7 Å². The van der Waals surface area contributed by atoms with Crippen LogP contribution in [0.4, 0.5) is 4.39 Å². The van der Waals surface area contributed by atoms with E-state index in [0.29, 0.717) is 24.7 Å². The van der Waals surface area contributed by atoms with Gasteiger partial charge in [0, 0.05) is 24.7 Å². The van der Waals surface area contributed by atoms with Crippen LogP contribution in [0.1, 0.15) is 44.6 Å². The molecule has 2 aliphatic rings. The van der Waals surface area contributed by atoms with Gasteiger partial charge < -0.3 is 20.6 Å². The second-order valence-corrected chi connectivity index (χ2v) is 7.20. The summed E-state index contributed by atoms with van der Waals surface area (Å²) in [5.74, 6) is -0.145. The Kier molecular flexibility index (Phi) is 7.94. The molecule has 2 bridgehead atoms. The molecule has 26 heavy (non-hydrogen) atoms. The molecule has 0 radical (unpaired) electrons. The van der Waals surface area contributed by atoms with E-state index in [1.165, 1.54) is 31.4 Å². The smallest absolute Gasteiger partial charge is 0.191 e. The third kappa shape index (κ3) is 5.22. The quantitative estimate of drug-likeness (QED) is 0.355. The Bertz CT molecular complexity index is 614. The Morgan fingerprint density at radius 3 is 2.62 bits per heavy atom. The molecule has 0 amide bonds. The van der Waals surface area contributed by atoms with E-state index < -0.39 is 5.82 Å². The molecule has 146 valence electrons. The number of hydrogen-bond acceptors (Lipinski definition) is 3. The molecule has 5 nitrogen and oxygen atoms in total. The van der Waals surface area contributed by atoms with Crippen LogP contribution in [-0.4, -0.2) is 47.7 Å². The molecule has 7 heteroatoms. The lowest BCUT2D eigenvalue weighted by Gasteiger charge is -2.47. The Balaban J connectivity index is 0.00000243. The maximum atomic E-state index is 13.5. The predicted octanol–water partition coefficient (Wildman–Crippen LogP) is 3.22. The molecule has 2 unspecified atom stereocenters. The minimum absolute atomic E-state index is 0. The molecule has 0 saturated carbocycles. The zero-order chi connectivity index (χ0) is 17.8. The van der Waals surface area contributed by atoms with Gasteiger partial charge in [0.2, 0.25) is 0 Å². The molecule has 0 spiro atoms. The van der Waals surface area contributed by atoms with Crippen molar-refractivity contribution in [1.29, 1.82) is 0 Å². The average molecular weight is 476 g/mol. The molecule has 2 heterocycles. The fourth-order valence-electron chi connectivity index (χ4n) is 4.07. The molecular formula is C19H30FIN4O. The first-order valence-electron chi connectivity index (χ1n) is 9.31. The van der Waals surface area contributed by atoms with Gasteiger partial charge in [-0.1, -0.05) is 12.5 Å². The van der Waals surface area contributed by atoms with Crippen LogP contribution >= 0.6 is 24.0 Å². The van der Waals surface area contributed by atoms with Gasteiger partial charge in [-0.25, -0.2) is 9.38 Å². The Morgan fingerprint density at radius 2 is 2.00 bits per heavy atom. The molecule has 1 aromatic rings. The summed E-state index contributed by atoms with van der Waals surface area (Å²) in [7, 11) is 2.25. The van der Waals surface area contributed by atoms with Crippen LogP contribution in [0.2, 0.25) is 0 Å². The van der Waals surface area contributed by atoms with Crippen LogP contribution < -0.4 is 10.6 Å². The van der Waals surface area contributed by atoms with Crippen molar-refractivity contribution in [2.24, 2.45) is 4.99 Å². The fourth-order valence-corrected chi connectivity index (χ4v) is 4.07. The van der Waals surface area contributed by atoms with Crippen molar-refractivity contribution < 1.29 is 9.50 Å². The first kappa shape index (κ1) is 21.2. The van der Waals surface area contributed by atoms with Gasteiger partial charge in [-0.2, -0.15) is 0 Å². The number of phenolic OH excluding ortho intramolecular Hbond substituents is 1. The highest BCUT2D eigenvalue weighted by atomic mass is 127. The zero-order valence-corrected chi connectivity index (χ0v) is 17.9. The van der Waals surface area contributed by atoms with Gasteiger partial charge in [0.05, 0.1) is 6.54 Å². The number of phenols is 1. The third-order valence-electron chi connectivity index (χ3n) is 5.46. The van der Waals surface area contributed by atoms with Gasteiger partial charge in [-0.15, -0.1) is 24.0 Å². The number of rotatable bonds is 4. The molecule has 2 atom stereocenters. The monoisotopic (exact) mass is 476 g/mol. The number of halogens is 2. The summed E-state index contributed by atoms with van der Waals surface area (Å²) >= 11 is 0. The summed E-state index contributed by atoms with van der Waals surface area (Å²) in [5.41, 5.74) is 0.743. The second-order valence-electron chi connectivity index (χ2n) is 7.20. The Labute approximate surface area is 172 Å². The Morgan fingerprint density at radius 1 is 1.31 bits per heavy atom. The molecule has 3 rings (SSSR count). The number of nitrogens with zero attached hydrogens (tertiary/aromatic N) is 2. The number of hydrogen-bond donors (Lipinski definition) is 3. The number of fused-ring (bicyclic) bond motifs is 2. The lowest BCUT2D eigenvalue weighted by Crippen LogP contribution is -2.56. The van der Waals surface area contributed by atoms with Gasteiger partial charge in [0.25, 0.3) is 0 Å². The van der Waals surface area contributed by atoms with E-state index in [1.807, 2.05) is 6.92 Å². The summed E-state index contributed by atoms with van der Waals surface area (Å²) in [6.45, 7) is 3.21. The van der Waals surface area contributed by atoms with Crippen LogP contribution in [0.25, 0.3) is 0 Å². The van der Waals surface area contributed by atoms with Gasteiger partial charge in [0.1, 0.15) is 0 Å². The number of aromatic hydroxyl groups is 1. The van der Waals surface area contributed by atoms with E-state index in [9.17, 15) is 9.50 Å². The maximum absolute atomic E-state index is 13.5. The molecule has 0 aliphatic carbocycles. The van der Waals surface area contributed by atoms with Crippen molar-refractivity contribution in [2.75, 3.05) is 13.6 Å². The van der Waals surface area contributed by atoms with Crippen LogP contribution in [-0.2, 0) is 6.54 Å². The molecule has 2 saturated heterocycles. The largest absolute Gasteiger partial charge is 0.505 e. The normalized spacial score (nSPS) is 26.1. The summed E-state index contributed by atoms with van der Waals surface area (Å²) in [5, 5.41) is 16.1. The van der Waals surface area contributed by atoms with Crippen LogP contribution in [0, 0.1) is 5.82 Å². The molecule has 0 aromatic heterocycles. The van der Waals surface area contributed by atoms with E-state index in [4.69, 9.17) is 0 Å². The minimum Gasteiger partial charge on any atom is -0.505 e. The van der Waals surface area contributed by atoms with E-state index >= 15 is 0 Å². The van der Waals surface area contributed by atoms with E-state index in [-0.39, 0.29) is 29.7 Å². The molecule has 2 fully saturated rings. The van der Waals surface area contributed by atoms with Crippen molar-refractivity contribution in [1.82, 2.24) is 15.5 Å². The molecule has 3 N–H and O–H groups in total. The van der Waals surface area contributed by atoms with Gasteiger partial charge in [0.15, 0.2) is 17.5 Å². The van der Waals surface area contributed by atoms with Gasteiger partial charge in [-0.05, 0) is 57.4 Å². The lowest BCUT2D eigenvalue weighted by atomic mass is 9.82. The summed E-state index contributed by atoms with van der Waals surface area (Å²) < 4.78 is 13.5. The summed E-state index contributed by atoms with van der Waals surface area (Å²) in [4.78, 5) is 7.14. The number of nitrogens with one attached hydrogen (secondary N) is 2. The van der Waals surface area contributed by atoms with E-state index in [2.05, 4.69) is 27.6 Å². The Hall–Kier alpha value is -1.09. The fraction of sp³-hybridized carbons (Fsp3) is 0.632. The maximum Gasteiger partial charge on any atom is 0.191 e. The van der Waals surface area contributed by atoms with Crippen LogP contribution in [0.3, 0.4) is 0 Å². The second kappa shape index (κ2) is 9.73. The molecule has 2 aliphatic heterocycles. The van der Waals surface area contributed by atoms with Crippen LogP contribution in [0.15, 0.2) is 23.2 Å². The summed E-state index contributed by atoms with van der Waals surface area (Å²) in [6, 6.07) is 6.17. The van der Waals surface area contributed by atoms with E-state index in [1.54, 1.807) is 6.07 Å². The van der Waals surface area contributed by atoms with Crippen LogP contribution in [0.5, 0.6) is 5.75 Å². The third-order valence-corrected chi connectivity index (χ3v) is 5.46. The molecular weight excluding hydrogens is 446 g/mol. The number of guanidine groups is 1. The van der Waals surface area contributed by atoms with Gasteiger partial charge >= 0.3 is 0 Å². The summed E-state index contributed by atoms with van der Waals surface area (Å²) in [6.07, 6.45) is 6.20. The number of aliphatic imine (C=N–C) groups is 1. The van der Waals surface area contributed by atoms with Gasteiger partial charge in [-0.3, -0.25) is 0 Å². The number of benzene rings is 1. The number of piperidine rings is 2. The highest BCUT2D eigenvalue weighted by Gasteiger charge is 2.36. The highest BCUT2D eigenvalue weighted by Crippen LogP contribution is 2.32. The van der Waals surface area contributed by atoms with Crippen molar-refractivity contribution in [3.05, 3.63) is 29.6 Å². The minimum atomic E-state index is -0.603. The van der Waals surface area contributed by atoms with Crippen molar-refractivity contribution in [3.63, 3.8) is 0 Å². The first-order chi connectivity index (χ1) is 12.1. The lowest BCUT2D eigenvalue weighted by molar-refractivity contribution is 0.0526. The standard InChI is InChI=1S/C19H29FN4O.HI/c1-3-21-19(22-12-13-7-8-18(25)17(20)9-13)23-14-10-15-5-4-6-16(11-14)24(15)2;/h7-9,14-16,25H,3-6,10-12H2,1-2H3,(H2,21,22,23);1H.